The van der Waals surface area contributed by atoms with Crippen LogP contribution >= 0.6 is 0 Å². The van der Waals surface area contributed by atoms with Gasteiger partial charge in [0, 0.05) is 6.42 Å². The van der Waals surface area contributed by atoms with E-state index in [0.717, 1.165) is 0 Å². The van der Waals surface area contributed by atoms with Gasteiger partial charge in [0.05, 0.1) is 10.6 Å². The van der Waals surface area contributed by atoms with Crippen LogP contribution in [0.5, 0.6) is 0 Å². The number of hydrogen-bond acceptors (Lipinski definition) is 3. The minimum absolute atomic E-state index is 0.0800. The second kappa shape index (κ2) is 6.39. The molecule has 1 aromatic carbocycles. The van der Waals surface area contributed by atoms with Crippen molar-refractivity contribution in [2.75, 3.05) is 5.75 Å². The van der Waals surface area contributed by atoms with E-state index in [1.165, 1.54) is 0 Å². The van der Waals surface area contributed by atoms with Crippen LogP contribution in [0.1, 0.15) is 25.7 Å². The SMILES string of the molecule is O=C(O)CCCCCS(=O)(=O)c1ccccc1. The Morgan fingerprint density at radius 1 is 1.06 bits per heavy atom. The standard InChI is InChI=1S/C12H16O4S/c13-12(14)9-5-2-6-10-17(15,16)11-7-3-1-4-8-11/h1,3-4,7-8H,2,5-6,9-10H2,(H,13,14). The molecule has 0 aliphatic rings. The molecule has 0 amide bonds. The maximum Gasteiger partial charge on any atom is 0.303 e. The second-order valence-electron chi connectivity index (χ2n) is 3.84. The summed E-state index contributed by atoms with van der Waals surface area (Å²) in [7, 11) is -3.21. The van der Waals surface area contributed by atoms with Crippen LogP contribution in [-0.4, -0.2) is 25.2 Å². The van der Waals surface area contributed by atoms with E-state index >= 15 is 0 Å². The monoisotopic (exact) mass is 256 g/mol. The van der Waals surface area contributed by atoms with Crippen molar-refractivity contribution in [2.45, 2.75) is 30.6 Å². The zero-order chi connectivity index (χ0) is 12.7. The van der Waals surface area contributed by atoms with E-state index in [-0.39, 0.29) is 12.2 Å². The summed E-state index contributed by atoms with van der Waals surface area (Å²) in [5.41, 5.74) is 0. The fraction of sp³-hybridized carbons (Fsp3) is 0.417. The van der Waals surface area contributed by atoms with Crippen LogP contribution in [0.25, 0.3) is 0 Å². The predicted octanol–water partition coefficient (Wildman–Crippen LogP) is 2.11. The van der Waals surface area contributed by atoms with Gasteiger partial charge >= 0.3 is 5.97 Å². The first kappa shape index (κ1) is 13.7. The number of carboxylic acids is 1. The average molecular weight is 256 g/mol. The summed E-state index contributed by atoms with van der Waals surface area (Å²) in [6, 6.07) is 8.31. The van der Waals surface area contributed by atoms with Crippen LogP contribution in [0, 0.1) is 0 Å². The Hall–Kier alpha value is -1.36. The molecule has 0 aromatic heterocycles. The highest BCUT2D eigenvalue weighted by Crippen LogP contribution is 2.12. The number of carboxylic acid groups (broad SMARTS) is 1. The summed E-state index contributed by atoms with van der Waals surface area (Å²) in [6.45, 7) is 0. The van der Waals surface area contributed by atoms with Gasteiger partial charge in [-0.05, 0) is 25.0 Å². The van der Waals surface area contributed by atoms with Crippen LogP contribution in [0.3, 0.4) is 0 Å². The number of aliphatic carboxylic acids is 1. The fourth-order valence-corrected chi connectivity index (χ4v) is 2.88. The van der Waals surface area contributed by atoms with Crippen molar-refractivity contribution in [3.63, 3.8) is 0 Å². The molecule has 0 aliphatic heterocycles. The van der Waals surface area contributed by atoms with Crippen LogP contribution in [-0.2, 0) is 14.6 Å². The van der Waals surface area contributed by atoms with Crippen molar-refractivity contribution < 1.29 is 18.3 Å². The number of carbonyl (C=O) groups is 1. The van der Waals surface area contributed by atoms with Crippen molar-refractivity contribution in [1.29, 1.82) is 0 Å². The van der Waals surface area contributed by atoms with E-state index in [4.69, 9.17) is 5.11 Å². The minimum Gasteiger partial charge on any atom is -0.481 e. The molecule has 0 aliphatic carbocycles. The van der Waals surface area contributed by atoms with E-state index in [1.807, 2.05) is 0 Å². The molecule has 1 aromatic rings. The highest BCUT2D eigenvalue weighted by molar-refractivity contribution is 7.91. The molecule has 0 bridgehead atoms. The largest absolute Gasteiger partial charge is 0.481 e. The molecule has 0 spiro atoms. The minimum atomic E-state index is -3.21. The number of hydrogen-bond donors (Lipinski definition) is 1. The summed E-state index contributed by atoms with van der Waals surface area (Å²) in [5, 5.41) is 8.43. The third kappa shape index (κ3) is 4.99. The normalized spacial score (nSPS) is 11.3. The maximum atomic E-state index is 11.8. The average Bonchev–Trinajstić information content (AvgIpc) is 2.29. The summed E-state index contributed by atoms with van der Waals surface area (Å²) in [4.78, 5) is 10.6. The third-order valence-electron chi connectivity index (χ3n) is 2.41. The Balaban J connectivity index is 2.39. The number of unbranched alkanes of at least 4 members (excludes halogenated alkanes) is 2. The second-order valence-corrected chi connectivity index (χ2v) is 5.95. The van der Waals surface area contributed by atoms with Gasteiger partial charge in [-0.2, -0.15) is 0 Å². The van der Waals surface area contributed by atoms with Gasteiger partial charge < -0.3 is 5.11 Å². The van der Waals surface area contributed by atoms with Gasteiger partial charge in [-0.25, -0.2) is 8.42 Å². The van der Waals surface area contributed by atoms with Crippen LogP contribution < -0.4 is 0 Å². The van der Waals surface area contributed by atoms with E-state index in [9.17, 15) is 13.2 Å². The Kier molecular flexibility index (Phi) is 5.15. The van der Waals surface area contributed by atoms with Crippen molar-refractivity contribution >= 4 is 15.8 Å². The first-order valence-corrected chi connectivity index (χ1v) is 7.17. The lowest BCUT2D eigenvalue weighted by Gasteiger charge is -2.03. The molecule has 0 saturated heterocycles. The smallest absolute Gasteiger partial charge is 0.303 e. The van der Waals surface area contributed by atoms with Crippen molar-refractivity contribution in [2.24, 2.45) is 0 Å². The molecule has 0 radical (unpaired) electrons. The molecule has 0 saturated carbocycles. The van der Waals surface area contributed by atoms with Crippen molar-refractivity contribution in [1.82, 2.24) is 0 Å². The van der Waals surface area contributed by atoms with E-state index in [0.29, 0.717) is 24.2 Å². The zero-order valence-electron chi connectivity index (χ0n) is 9.50. The van der Waals surface area contributed by atoms with Gasteiger partial charge in [0.2, 0.25) is 0 Å². The van der Waals surface area contributed by atoms with Gasteiger partial charge in [-0.1, -0.05) is 24.6 Å². The number of rotatable bonds is 7. The molecule has 94 valence electrons. The number of benzene rings is 1. The topological polar surface area (TPSA) is 71.4 Å². The molecule has 0 heterocycles. The zero-order valence-corrected chi connectivity index (χ0v) is 10.3. The van der Waals surface area contributed by atoms with Crippen molar-refractivity contribution in [3.8, 4) is 0 Å². The summed E-state index contributed by atoms with van der Waals surface area (Å²) in [5.74, 6) is -0.757. The third-order valence-corrected chi connectivity index (χ3v) is 4.22. The van der Waals surface area contributed by atoms with Crippen molar-refractivity contribution in [3.05, 3.63) is 30.3 Å². The highest BCUT2D eigenvalue weighted by atomic mass is 32.2. The fourth-order valence-electron chi connectivity index (χ4n) is 1.49. The summed E-state index contributed by atoms with van der Waals surface area (Å²) in [6.07, 6.45) is 1.76. The molecule has 4 nitrogen and oxygen atoms in total. The molecule has 1 rings (SSSR count). The first-order valence-electron chi connectivity index (χ1n) is 5.52. The van der Waals surface area contributed by atoms with Crippen LogP contribution in [0.2, 0.25) is 0 Å². The molecule has 1 N–H and O–H groups in total. The molecular weight excluding hydrogens is 240 g/mol. The lowest BCUT2D eigenvalue weighted by Crippen LogP contribution is -2.06. The molecular formula is C12H16O4S. The molecule has 5 heteroatoms. The van der Waals surface area contributed by atoms with Gasteiger partial charge in [-0.3, -0.25) is 4.79 Å². The Morgan fingerprint density at radius 2 is 1.71 bits per heavy atom. The summed E-state index contributed by atoms with van der Waals surface area (Å²) < 4.78 is 23.6. The van der Waals surface area contributed by atoms with Gasteiger partial charge in [-0.15, -0.1) is 0 Å². The highest BCUT2D eigenvalue weighted by Gasteiger charge is 2.12. The van der Waals surface area contributed by atoms with E-state index in [2.05, 4.69) is 0 Å². The summed E-state index contributed by atoms with van der Waals surface area (Å²) >= 11 is 0. The van der Waals surface area contributed by atoms with Crippen LogP contribution in [0.4, 0.5) is 0 Å². The Labute approximate surface area is 101 Å². The quantitative estimate of drug-likeness (QED) is 0.758. The molecule has 0 fully saturated rings. The van der Waals surface area contributed by atoms with Crippen LogP contribution in [0.15, 0.2) is 35.2 Å². The Morgan fingerprint density at radius 3 is 2.29 bits per heavy atom. The lowest BCUT2D eigenvalue weighted by molar-refractivity contribution is -0.137. The van der Waals surface area contributed by atoms with Gasteiger partial charge in [0.15, 0.2) is 9.84 Å². The van der Waals surface area contributed by atoms with E-state index < -0.39 is 15.8 Å². The Bertz CT molecular complexity index is 451. The van der Waals surface area contributed by atoms with Gasteiger partial charge in [0.25, 0.3) is 0 Å². The molecule has 0 unspecified atom stereocenters. The lowest BCUT2D eigenvalue weighted by atomic mass is 10.2. The number of sulfone groups is 1. The predicted molar refractivity (Wildman–Crippen MR) is 64.6 cm³/mol. The maximum absolute atomic E-state index is 11.8. The first-order chi connectivity index (χ1) is 8.02. The molecule has 17 heavy (non-hydrogen) atoms. The van der Waals surface area contributed by atoms with Gasteiger partial charge in [0.1, 0.15) is 0 Å². The molecule has 0 atom stereocenters. The van der Waals surface area contributed by atoms with E-state index in [1.54, 1.807) is 30.3 Å².